The topological polar surface area (TPSA) is 86.7 Å². The first-order valence-corrected chi connectivity index (χ1v) is 6.59. The number of ether oxygens (including phenoxy) is 2. The van der Waals surface area contributed by atoms with Crippen LogP contribution in [0.25, 0.3) is 0 Å². The summed E-state index contributed by atoms with van der Waals surface area (Å²) in [5, 5.41) is 2.73. The quantitative estimate of drug-likeness (QED) is 0.853. The molecular weight excluding hydrogens is 272 g/mol. The molecule has 6 heteroatoms. The van der Waals surface area contributed by atoms with Crippen molar-refractivity contribution in [2.75, 3.05) is 19.0 Å². The largest absolute Gasteiger partial charge is 0.493 e. The SMILES string of the molecule is CCOc1ccc(NC(=O)c2ccc(CN)o2)cc1OC. The maximum absolute atomic E-state index is 12.0. The van der Waals surface area contributed by atoms with Gasteiger partial charge in [0, 0.05) is 11.8 Å². The highest BCUT2D eigenvalue weighted by molar-refractivity contribution is 6.02. The summed E-state index contributed by atoms with van der Waals surface area (Å²) >= 11 is 0. The highest BCUT2D eigenvalue weighted by Crippen LogP contribution is 2.30. The molecule has 6 nitrogen and oxygen atoms in total. The van der Waals surface area contributed by atoms with Crippen LogP contribution < -0.4 is 20.5 Å². The van der Waals surface area contributed by atoms with Gasteiger partial charge < -0.3 is 24.9 Å². The summed E-state index contributed by atoms with van der Waals surface area (Å²) in [5.74, 6) is 1.60. The Labute approximate surface area is 122 Å². The molecule has 1 heterocycles. The van der Waals surface area contributed by atoms with Gasteiger partial charge in [-0.2, -0.15) is 0 Å². The molecule has 0 unspecified atom stereocenters. The third-order valence-corrected chi connectivity index (χ3v) is 2.81. The summed E-state index contributed by atoms with van der Waals surface area (Å²) in [6, 6.07) is 8.43. The Kier molecular flexibility index (Phi) is 4.84. The molecule has 0 aliphatic carbocycles. The number of nitrogens with two attached hydrogens (primary N) is 1. The Balaban J connectivity index is 2.13. The second-order valence-corrected chi connectivity index (χ2v) is 4.22. The van der Waals surface area contributed by atoms with Gasteiger partial charge in [0.15, 0.2) is 17.3 Å². The number of methoxy groups -OCH3 is 1. The lowest BCUT2D eigenvalue weighted by molar-refractivity contribution is 0.0995. The summed E-state index contributed by atoms with van der Waals surface area (Å²) in [6.07, 6.45) is 0. The number of benzene rings is 1. The molecule has 21 heavy (non-hydrogen) atoms. The Morgan fingerprint density at radius 3 is 2.71 bits per heavy atom. The average Bonchev–Trinajstić information content (AvgIpc) is 2.98. The van der Waals surface area contributed by atoms with Gasteiger partial charge in [-0.25, -0.2) is 0 Å². The lowest BCUT2D eigenvalue weighted by atomic mass is 10.2. The van der Waals surface area contributed by atoms with Gasteiger partial charge in [-0.3, -0.25) is 4.79 Å². The van der Waals surface area contributed by atoms with Crippen molar-refractivity contribution in [1.82, 2.24) is 0 Å². The molecule has 0 fully saturated rings. The predicted octanol–water partition coefficient (Wildman–Crippen LogP) is 2.40. The second-order valence-electron chi connectivity index (χ2n) is 4.22. The van der Waals surface area contributed by atoms with E-state index in [1.807, 2.05) is 6.92 Å². The minimum absolute atomic E-state index is 0.211. The standard InChI is InChI=1S/C15H18N2O4/c1-3-20-12-6-4-10(8-14(12)19-2)17-15(18)13-7-5-11(9-16)21-13/h4-8H,3,9,16H2,1-2H3,(H,17,18). The molecule has 0 atom stereocenters. The summed E-state index contributed by atoms with van der Waals surface area (Å²) in [4.78, 5) is 12.0. The van der Waals surface area contributed by atoms with E-state index in [2.05, 4.69) is 5.32 Å². The fourth-order valence-corrected chi connectivity index (χ4v) is 1.82. The first-order valence-electron chi connectivity index (χ1n) is 6.59. The second kappa shape index (κ2) is 6.81. The van der Waals surface area contributed by atoms with Gasteiger partial charge in [0.05, 0.1) is 20.3 Å². The molecule has 3 N–H and O–H groups in total. The molecule has 0 saturated heterocycles. The lowest BCUT2D eigenvalue weighted by Crippen LogP contribution is -2.11. The Morgan fingerprint density at radius 1 is 1.29 bits per heavy atom. The van der Waals surface area contributed by atoms with E-state index in [0.717, 1.165) is 0 Å². The molecule has 0 radical (unpaired) electrons. The molecule has 0 spiro atoms. The number of amides is 1. The van der Waals surface area contributed by atoms with E-state index in [-0.39, 0.29) is 18.2 Å². The molecule has 0 aliphatic rings. The van der Waals surface area contributed by atoms with Crippen LogP contribution in [0.4, 0.5) is 5.69 Å². The van der Waals surface area contributed by atoms with Gasteiger partial charge >= 0.3 is 0 Å². The number of carbonyl (C=O) groups is 1. The monoisotopic (exact) mass is 290 g/mol. The fourth-order valence-electron chi connectivity index (χ4n) is 1.82. The van der Waals surface area contributed by atoms with Crippen LogP contribution in [-0.2, 0) is 6.54 Å². The van der Waals surface area contributed by atoms with Crippen molar-refractivity contribution in [3.05, 3.63) is 41.9 Å². The number of furan rings is 1. The molecule has 0 saturated carbocycles. The van der Waals surface area contributed by atoms with Crippen LogP contribution in [0.15, 0.2) is 34.7 Å². The van der Waals surface area contributed by atoms with Gasteiger partial charge in [0.2, 0.25) is 0 Å². The first-order chi connectivity index (χ1) is 10.2. The molecular formula is C15H18N2O4. The summed E-state index contributed by atoms with van der Waals surface area (Å²) < 4.78 is 15.9. The first kappa shape index (κ1) is 14.9. The van der Waals surface area contributed by atoms with E-state index in [4.69, 9.17) is 19.6 Å². The van der Waals surface area contributed by atoms with E-state index in [1.165, 1.54) is 0 Å². The van der Waals surface area contributed by atoms with Crippen molar-refractivity contribution < 1.29 is 18.7 Å². The van der Waals surface area contributed by atoms with Crippen molar-refractivity contribution in [3.8, 4) is 11.5 Å². The summed E-state index contributed by atoms with van der Waals surface area (Å²) in [6.45, 7) is 2.68. The third kappa shape index (κ3) is 3.55. The van der Waals surface area contributed by atoms with Crippen molar-refractivity contribution in [2.45, 2.75) is 13.5 Å². The van der Waals surface area contributed by atoms with Gasteiger partial charge in [0.1, 0.15) is 5.76 Å². The van der Waals surface area contributed by atoms with Gasteiger partial charge in [-0.1, -0.05) is 0 Å². The highest BCUT2D eigenvalue weighted by Gasteiger charge is 2.12. The average molecular weight is 290 g/mol. The number of anilines is 1. The van der Waals surface area contributed by atoms with Crippen LogP contribution in [0, 0.1) is 0 Å². The zero-order valence-corrected chi connectivity index (χ0v) is 12.0. The molecule has 112 valence electrons. The van der Waals surface area contributed by atoms with Crippen molar-refractivity contribution in [2.24, 2.45) is 5.73 Å². The number of carbonyl (C=O) groups excluding carboxylic acids is 1. The smallest absolute Gasteiger partial charge is 0.291 e. The Morgan fingerprint density at radius 2 is 2.10 bits per heavy atom. The van der Waals surface area contributed by atoms with Crippen molar-refractivity contribution in [3.63, 3.8) is 0 Å². The van der Waals surface area contributed by atoms with E-state index in [1.54, 1.807) is 37.4 Å². The van der Waals surface area contributed by atoms with Crippen LogP contribution in [0.5, 0.6) is 11.5 Å². The van der Waals surface area contributed by atoms with E-state index in [0.29, 0.717) is 29.6 Å². The summed E-state index contributed by atoms with van der Waals surface area (Å²) in [7, 11) is 1.55. The minimum atomic E-state index is -0.346. The molecule has 2 rings (SSSR count). The normalized spacial score (nSPS) is 10.2. The zero-order chi connectivity index (χ0) is 15.2. The number of hydrogen-bond donors (Lipinski definition) is 2. The number of hydrogen-bond acceptors (Lipinski definition) is 5. The van der Waals surface area contributed by atoms with Crippen LogP contribution in [0.1, 0.15) is 23.2 Å². The molecule has 0 bridgehead atoms. The Bertz CT molecular complexity index is 622. The zero-order valence-electron chi connectivity index (χ0n) is 12.0. The third-order valence-electron chi connectivity index (χ3n) is 2.81. The van der Waals surface area contributed by atoms with Crippen LogP contribution >= 0.6 is 0 Å². The molecule has 2 aromatic rings. The lowest BCUT2D eigenvalue weighted by Gasteiger charge is -2.11. The fraction of sp³-hybridized carbons (Fsp3) is 0.267. The summed E-state index contributed by atoms with van der Waals surface area (Å²) in [5.41, 5.74) is 6.03. The van der Waals surface area contributed by atoms with Gasteiger partial charge in [-0.05, 0) is 31.2 Å². The predicted molar refractivity (Wildman–Crippen MR) is 78.7 cm³/mol. The molecule has 1 aromatic heterocycles. The minimum Gasteiger partial charge on any atom is -0.493 e. The van der Waals surface area contributed by atoms with Crippen LogP contribution in [-0.4, -0.2) is 19.6 Å². The highest BCUT2D eigenvalue weighted by atomic mass is 16.5. The van der Waals surface area contributed by atoms with E-state index < -0.39 is 0 Å². The molecule has 1 amide bonds. The molecule has 0 aliphatic heterocycles. The van der Waals surface area contributed by atoms with Gasteiger partial charge in [0.25, 0.3) is 5.91 Å². The Hall–Kier alpha value is -2.47. The molecule has 1 aromatic carbocycles. The van der Waals surface area contributed by atoms with Crippen LogP contribution in [0.3, 0.4) is 0 Å². The van der Waals surface area contributed by atoms with Crippen LogP contribution in [0.2, 0.25) is 0 Å². The van der Waals surface area contributed by atoms with Gasteiger partial charge in [-0.15, -0.1) is 0 Å². The maximum atomic E-state index is 12.0. The number of rotatable bonds is 6. The maximum Gasteiger partial charge on any atom is 0.291 e. The number of nitrogens with one attached hydrogen (secondary N) is 1. The van der Waals surface area contributed by atoms with E-state index >= 15 is 0 Å². The van der Waals surface area contributed by atoms with Crippen molar-refractivity contribution in [1.29, 1.82) is 0 Å². The van der Waals surface area contributed by atoms with Crippen molar-refractivity contribution >= 4 is 11.6 Å². The van der Waals surface area contributed by atoms with E-state index in [9.17, 15) is 4.79 Å².